The van der Waals surface area contributed by atoms with Crippen molar-refractivity contribution in [3.05, 3.63) is 33.5 Å². The van der Waals surface area contributed by atoms with Gasteiger partial charge in [-0.15, -0.1) is 11.3 Å². The van der Waals surface area contributed by atoms with Crippen LogP contribution in [0.15, 0.2) is 24.3 Å². The first-order valence-electron chi connectivity index (χ1n) is 4.46. The lowest BCUT2D eigenvalue weighted by Crippen LogP contribution is -2.28. The molecule has 1 rings (SSSR count). The van der Waals surface area contributed by atoms with Crippen molar-refractivity contribution in [3.8, 4) is 0 Å². The van der Waals surface area contributed by atoms with Gasteiger partial charge in [0.05, 0.1) is 10.4 Å². The topological polar surface area (TPSA) is 38.0 Å². The van der Waals surface area contributed by atoms with Gasteiger partial charge in [0.15, 0.2) is 0 Å². The third kappa shape index (κ3) is 3.42. The number of rotatable bonds is 5. The monoisotopic (exact) mass is 230 g/mol. The minimum Gasteiger partial charge on any atom is -0.329 e. The molecule has 3 N–H and O–H groups in total. The summed E-state index contributed by atoms with van der Waals surface area (Å²) in [5.41, 5.74) is 6.77. The molecule has 1 aromatic rings. The predicted molar refractivity (Wildman–Crippen MR) is 63.9 cm³/mol. The van der Waals surface area contributed by atoms with Crippen molar-refractivity contribution in [2.45, 2.75) is 13.0 Å². The summed E-state index contributed by atoms with van der Waals surface area (Å²) in [5.74, 6) is 0. The number of nitrogens with one attached hydrogen (secondary N) is 1. The van der Waals surface area contributed by atoms with Crippen LogP contribution in [-0.4, -0.2) is 13.1 Å². The van der Waals surface area contributed by atoms with Crippen molar-refractivity contribution in [2.75, 3.05) is 13.1 Å². The lowest BCUT2D eigenvalue weighted by molar-refractivity contribution is 0.578. The van der Waals surface area contributed by atoms with E-state index in [-0.39, 0.29) is 6.04 Å². The molecule has 2 nitrogen and oxygen atoms in total. The molecule has 0 saturated carbocycles. The molecule has 0 aliphatic carbocycles. The first kappa shape index (κ1) is 11.7. The van der Waals surface area contributed by atoms with E-state index in [0.717, 1.165) is 16.5 Å². The van der Waals surface area contributed by atoms with Crippen molar-refractivity contribution >= 4 is 22.9 Å². The van der Waals surface area contributed by atoms with Crippen LogP contribution in [0.1, 0.15) is 17.8 Å². The van der Waals surface area contributed by atoms with Crippen LogP contribution in [0.2, 0.25) is 4.34 Å². The highest BCUT2D eigenvalue weighted by Crippen LogP contribution is 2.26. The fraction of sp³-hybridized carbons (Fsp3) is 0.400. The minimum absolute atomic E-state index is 0.184. The Labute approximate surface area is 93.8 Å². The highest BCUT2D eigenvalue weighted by molar-refractivity contribution is 7.16. The fourth-order valence-electron chi connectivity index (χ4n) is 1.11. The van der Waals surface area contributed by atoms with Crippen LogP contribution < -0.4 is 11.1 Å². The predicted octanol–water partition coefficient (Wildman–Crippen LogP) is 2.57. The fourth-order valence-corrected chi connectivity index (χ4v) is 2.26. The molecule has 0 fully saturated rings. The van der Waals surface area contributed by atoms with E-state index in [4.69, 9.17) is 17.3 Å². The Morgan fingerprint density at radius 1 is 1.71 bits per heavy atom. The number of hydrogen-bond acceptors (Lipinski definition) is 3. The highest BCUT2D eigenvalue weighted by atomic mass is 35.5. The summed E-state index contributed by atoms with van der Waals surface area (Å²) in [5, 5.41) is 3.33. The summed E-state index contributed by atoms with van der Waals surface area (Å²) in [4.78, 5) is 1.18. The molecule has 1 unspecified atom stereocenters. The molecular weight excluding hydrogens is 216 g/mol. The van der Waals surface area contributed by atoms with Gasteiger partial charge < -0.3 is 11.1 Å². The molecule has 1 heterocycles. The molecule has 1 atom stereocenters. The van der Waals surface area contributed by atoms with Crippen LogP contribution in [0.25, 0.3) is 0 Å². The first-order chi connectivity index (χ1) is 6.63. The SMILES string of the molecule is C=C(C)CNC(CN)c1ccc(Cl)s1. The number of halogens is 1. The molecule has 14 heavy (non-hydrogen) atoms. The summed E-state index contributed by atoms with van der Waals surface area (Å²) in [6.07, 6.45) is 0. The Kier molecular flexibility index (Phi) is 4.62. The molecule has 78 valence electrons. The molecule has 0 bridgehead atoms. The second kappa shape index (κ2) is 5.51. The van der Waals surface area contributed by atoms with Crippen LogP contribution >= 0.6 is 22.9 Å². The Hall–Kier alpha value is -0.350. The number of hydrogen-bond donors (Lipinski definition) is 2. The Bertz CT molecular complexity index is 309. The molecule has 0 spiro atoms. The molecule has 0 radical (unpaired) electrons. The zero-order chi connectivity index (χ0) is 10.6. The maximum absolute atomic E-state index is 5.86. The van der Waals surface area contributed by atoms with Gasteiger partial charge in [-0.05, 0) is 19.1 Å². The van der Waals surface area contributed by atoms with Crippen LogP contribution in [0.3, 0.4) is 0 Å². The average molecular weight is 231 g/mol. The van der Waals surface area contributed by atoms with E-state index in [2.05, 4.69) is 11.9 Å². The Morgan fingerprint density at radius 2 is 2.43 bits per heavy atom. The zero-order valence-electron chi connectivity index (χ0n) is 8.22. The molecule has 0 aliphatic rings. The van der Waals surface area contributed by atoms with Crippen LogP contribution in [0.5, 0.6) is 0 Å². The van der Waals surface area contributed by atoms with Gasteiger partial charge in [-0.25, -0.2) is 0 Å². The maximum atomic E-state index is 5.86. The molecular formula is C10H15ClN2S. The van der Waals surface area contributed by atoms with E-state index < -0.39 is 0 Å². The van der Waals surface area contributed by atoms with Crippen molar-refractivity contribution in [2.24, 2.45) is 5.73 Å². The van der Waals surface area contributed by atoms with Crippen LogP contribution in [0, 0.1) is 0 Å². The van der Waals surface area contributed by atoms with Gasteiger partial charge in [0.1, 0.15) is 0 Å². The standard InChI is InChI=1S/C10H15ClN2S/c1-7(2)6-13-8(5-12)9-3-4-10(11)14-9/h3-4,8,13H,1,5-6,12H2,2H3. The van der Waals surface area contributed by atoms with E-state index in [1.807, 2.05) is 19.1 Å². The summed E-state index contributed by atoms with van der Waals surface area (Å²) >= 11 is 7.42. The van der Waals surface area contributed by atoms with Crippen LogP contribution in [-0.2, 0) is 0 Å². The summed E-state index contributed by atoms with van der Waals surface area (Å²) in [7, 11) is 0. The molecule has 1 aromatic heterocycles. The van der Waals surface area contributed by atoms with E-state index in [1.54, 1.807) is 11.3 Å². The smallest absolute Gasteiger partial charge is 0.0931 e. The summed E-state index contributed by atoms with van der Waals surface area (Å²) < 4.78 is 0.801. The van der Waals surface area contributed by atoms with E-state index in [9.17, 15) is 0 Å². The molecule has 0 saturated heterocycles. The van der Waals surface area contributed by atoms with Gasteiger partial charge in [0.25, 0.3) is 0 Å². The quantitative estimate of drug-likeness (QED) is 0.764. The van der Waals surface area contributed by atoms with Crippen molar-refractivity contribution in [3.63, 3.8) is 0 Å². The molecule has 0 aromatic carbocycles. The molecule has 0 aliphatic heterocycles. The van der Waals surface area contributed by atoms with E-state index >= 15 is 0 Å². The highest BCUT2D eigenvalue weighted by Gasteiger charge is 2.10. The summed E-state index contributed by atoms with van der Waals surface area (Å²) in [6, 6.07) is 4.09. The molecule has 0 amide bonds. The molecule has 4 heteroatoms. The van der Waals surface area contributed by atoms with Crippen molar-refractivity contribution in [1.29, 1.82) is 0 Å². The zero-order valence-corrected chi connectivity index (χ0v) is 9.79. The van der Waals surface area contributed by atoms with Gasteiger partial charge in [0, 0.05) is 18.0 Å². The van der Waals surface area contributed by atoms with Gasteiger partial charge in [-0.3, -0.25) is 0 Å². The normalized spacial score (nSPS) is 12.8. The third-order valence-electron chi connectivity index (χ3n) is 1.82. The maximum Gasteiger partial charge on any atom is 0.0931 e. The third-order valence-corrected chi connectivity index (χ3v) is 3.17. The van der Waals surface area contributed by atoms with E-state index in [0.29, 0.717) is 6.54 Å². The van der Waals surface area contributed by atoms with Crippen molar-refractivity contribution < 1.29 is 0 Å². The van der Waals surface area contributed by atoms with Gasteiger partial charge in [-0.2, -0.15) is 0 Å². The minimum atomic E-state index is 0.184. The van der Waals surface area contributed by atoms with Crippen molar-refractivity contribution in [1.82, 2.24) is 5.32 Å². The number of nitrogens with two attached hydrogens (primary N) is 1. The van der Waals surface area contributed by atoms with E-state index in [1.165, 1.54) is 4.88 Å². The summed E-state index contributed by atoms with van der Waals surface area (Å²) in [6.45, 7) is 7.18. The average Bonchev–Trinajstić information content (AvgIpc) is 2.53. The largest absolute Gasteiger partial charge is 0.329 e. The van der Waals surface area contributed by atoms with Gasteiger partial charge in [-0.1, -0.05) is 23.8 Å². The second-order valence-corrected chi connectivity index (χ2v) is 5.01. The first-order valence-corrected chi connectivity index (χ1v) is 5.66. The Balaban J connectivity index is 2.58. The van der Waals surface area contributed by atoms with Crippen LogP contribution in [0.4, 0.5) is 0 Å². The second-order valence-electron chi connectivity index (χ2n) is 3.27. The van der Waals surface area contributed by atoms with Gasteiger partial charge in [0.2, 0.25) is 0 Å². The lowest BCUT2D eigenvalue weighted by Gasteiger charge is -2.14. The van der Waals surface area contributed by atoms with Gasteiger partial charge >= 0.3 is 0 Å². The lowest BCUT2D eigenvalue weighted by atomic mass is 10.2. The number of thiophene rings is 1. The Morgan fingerprint density at radius 3 is 2.86 bits per heavy atom.